The lowest BCUT2D eigenvalue weighted by Gasteiger charge is -2.38. The van der Waals surface area contributed by atoms with Gasteiger partial charge in [0.25, 0.3) is 0 Å². The smallest absolute Gasteiger partial charge is 0.161 e. The van der Waals surface area contributed by atoms with Gasteiger partial charge in [-0.05, 0) is 68.4 Å². The van der Waals surface area contributed by atoms with Gasteiger partial charge in [-0.3, -0.25) is 9.69 Å². The Morgan fingerprint density at radius 3 is 2.65 bits per heavy atom. The summed E-state index contributed by atoms with van der Waals surface area (Å²) in [6.07, 6.45) is 4.89. The van der Waals surface area contributed by atoms with Gasteiger partial charge in [-0.1, -0.05) is 18.2 Å². The Bertz CT molecular complexity index is 1080. The normalized spacial score (nSPS) is 23.2. The Morgan fingerprint density at radius 1 is 1.13 bits per heavy atom. The molecule has 0 amide bonds. The molecule has 2 aliphatic rings. The van der Waals surface area contributed by atoms with Crippen molar-refractivity contribution in [1.29, 1.82) is 0 Å². The molecule has 2 fully saturated rings. The van der Waals surface area contributed by atoms with Crippen molar-refractivity contribution >= 4 is 27.4 Å². The predicted molar refractivity (Wildman–Crippen MR) is 124 cm³/mol. The third kappa shape index (κ3) is 3.94. The van der Waals surface area contributed by atoms with Gasteiger partial charge < -0.3 is 9.47 Å². The van der Waals surface area contributed by atoms with Gasteiger partial charge in [0.2, 0.25) is 0 Å². The van der Waals surface area contributed by atoms with Crippen LogP contribution in [-0.2, 0) is 0 Å². The second-order valence-corrected chi connectivity index (χ2v) is 9.43. The van der Waals surface area contributed by atoms with Gasteiger partial charge in [0.1, 0.15) is 6.61 Å². The van der Waals surface area contributed by atoms with Gasteiger partial charge in [0.05, 0.1) is 17.5 Å². The van der Waals surface area contributed by atoms with Crippen LogP contribution in [0.4, 0.5) is 0 Å². The average molecular weight is 437 g/mol. The van der Waals surface area contributed by atoms with Crippen molar-refractivity contribution in [3.8, 4) is 11.5 Å². The number of piperidine rings is 1. The lowest BCUT2D eigenvalue weighted by Crippen LogP contribution is -2.44. The Kier molecular flexibility index (Phi) is 5.67. The van der Waals surface area contributed by atoms with Crippen molar-refractivity contribution in [2.75, 3.05) is 20.3 Å². The monoisotopic (exact) mass is 436 g/mol. The summed E-state index contributed by atoms with van der Waals surface area (Å²) in [5.74, 6) is 1.90. The molecule has 3 heterocycles. The first-order chi connectivity index (χ1) is 15.1. The van der Waals surface area contributed by atoms with Crippen LogP contribution in [0.3, 0.4) is 0 Å². The highest BCUT2D eigenvalue weighted by molar-refractivity contribution is 7.13. The number of hydrogen-bond acceptors (Lipinski definition) is 6. The number of fused-ring (bicyclic) bond motifs is 3. The second-order valence-electron chi connectivity index (χ2n) is 8.63. The number of benzene rings is 2. The Balaban J connectivity index is 1.22. The molecular formula is C25H28N2O3S. The van der Waals surface area contributed by atoms with Gasteiger partial charge in [-0.25, -0.2) is 0 Å². The Labute approximate surface area is 187 Å². The van der Waals surface area contributed by atoms with E-state index in [2.05, 4.69) is 29.2 Å². The standard InChI is InChI=1S/C25H28N2O3S/c1-16(28)17-7-10-22(23(15-17)29-2)30-12-11-27-19-8-9-20(27)14-18(13-19)25-21-5-3-4-6-24(21)31-26-25/h3-7,10,15,18-20H,8-9,11-14H2,1-2H3. The maximum atomic E-state index is 11.6. The highest BCUT2D eigenvalue weighted by atomic mass is 32.1. The molecule has 0 saturated carbocycles. The summed E-state index contributed by atoms with van der Waals surface area (Å²) >= 11 is 1.63. The molecule has 3 aromatic rings. The van der Waals surface area contributed by atoms with E-state index in [1.807, 2.05) is 6.07 Å². The van der Waals surface area contributed by atoms with Gasteiger partial charge in [-0.15, -0.1) is 0 Å². The van der Waals surface area contributed by atoms with Crippen LogP contribution in [0.2, 0.25) is 0 Å². The SMILES string of the molecule is COc1cc(C(C)=O)ccc1OCCN1C2CCC1CC(c1nsc3ccccc13)C2. The van der Waals surface area contributed by atoms with E-state index in [-0.39, 0.29) is 5.78 Å². The van der Waals surface area contributed by atoms with E-state index in [4.69, 9.17) is 13.8 Å². The molecule has 5 rings (SSSR count). The first kappa shape index (κ1) is 20.5. The number of Topliss-reactive ketones (excluding diaryl/α,β-unsaturated/α-hetero) is 1. The van der Waals surface area contributed by atoms with Crippen LogP contribution >= 0.6 is 11.5 Å². The maximum Gasteiger partial charge on any atom is 0.161 e. The van der Waals surface area contributed by atoms with Crippen LogP contribution < -0.4 is 9.47 Å². The van der Waals surface area contributed by atoms with E-state index in [1.54, 1.807) is 37.7 Å². The molecule has 0 spiro atoms. The molecule has 2 aliphatic heterocycles. The lowest BCUT2D eigenvalue weighted by molar-refractivity contribution is 0.101. The Morgan fingerprint density at radius 2 is 1.90 bits per heavy atom. The summed E-state index contributed by atoms with van der Waals surface area (Å²) in [4.78, 5) is 14.2. The van der Waals surface area contributed by atoms with Gasteiger partial charge in [-0.2, -0.15) is 4.37 Å². The number of ether oxygens (including phenoxy) is 2. The second kappa shape index (κ2) is 8.60. The summed E-state index contributed by atoms with van der Waals surface area (Å²) < 4.78 is 17.6. The molecule has 2 unspecified atom stereocenters. The molecule has 162 valence electrons. The summed E-state index contributed by atoms with van der Waals surface area (Å²) in [6.45, 7) is 3.09. The van der Waals surface area contributed by atoms with E-state index >= 15 is 0 Å². The van der Waals surface area contributed by atoms with E-state index in [0.29, 0.717) is 41.7 Å². The van der Waals surface area contributed by atoms with Gasteiger partial charge in [0, 0.05) is 35.5 Å². The Hall–Kier alpha value is -2.44. The third-order valence-electron chi connectivity index (χ3n) is 6.85. The molecule has 2 bridgehead atoms. The van der Waals surface area contributed by atoms with Crippen LogP contribution in [0.5, 0.6) is 11.5 Å². The number of nitrogens with zero attached hydrogens (tertiary/aromatic N) is 2. The lowest BCUT2D eigenvalue weighted by atomic mass is 9.87. The van der Waals surface area contributed by atoms with Crippen LogP contribution in [-0.4, -0.2) is 47.4 Å². The van der Waals surface area contributed by atoms with Gasteiger partial charge >= 0.3 is 0 Å². The fourth-order valence-corrected chi connectivity index (χ4v) is 6.18. The molecular weight excluding hydrogens is 408 g/mol. The fourth-order valence-electron chi connectivity index (χ4n) is 5.33. The zero-order valence-electron chi connectivity index (χ0n) is 18.0. The minimum absolute atomic E-state index is 0.0252. The van der Waals surface area contributed by atoms with Crippen LogP contribution in [0.15, 0.2) is 42.5 Å². The average Bonchev–Trinajstić information content (AvgIpc) is 3.31. The largest absolute Gasteiger partial charge is 0.493 e. The fraction of sp³-hybridized carbons (Fsp3) is 0.440. The van der Waals surface area contributed by atoms with Crippen molar-refractivity contribution in [2.45, 2.75) is 50.6 Å². The number of carbonyl (C=O) groups excluding carboxylic acids is 1. The van der Waals surface area contributed by atoms with E-state index in [1.165, 1.54) is 41.5 Å². The van der Waals surface area contributed by atoms with Crippen molar-refractivity contribution in [3.63, 3.8) is 0 Å². The number of methoxy groups -OCH3 is 1. The molecule has 5 nitrogen and oxygen atoms in total. The summed E-state index contributed by atoms with van der Waals surface area (Å²) in [5.41, 5.74) is 1.95. The quantitative estimate of drug-likeness (QED) is 0.471. The van der Waals surface area contributed by atoms with Gasteiger partial charge in [0.15, 0.2) is 17.3 Å². The highest BCUT2D eigenvalue weighted by Gasteiger charge is 2.41. The summed E-state index contributed by atoms with van der Waals surface area (Å²) in [7, 11) is 1.61. The predicted octanol–water partition coefficient (Wildman–Crippen LogP) is 5.30. The van der Waals surface area contributed by atoms with E-state index < -0.39 is 0 Å². The van der Waals surface area contributed by atoms with E-state index in [0.717, 1.165) is 6.54 Å². The number of carbonyl (C=O) groups is 1. The maximum absolute atomic E-state index is 11.6. The first-order valence-electron chi connectivity index (χ1n) is 11.1. The third-order valence-corrected chi connectivity index (χ3v) is 7.69. The van der Waals surface area contributed by atoms with E-state index in [9.17, 15) is 4.79 Å². The number of hydrogen-bond donors (Lipinski definition) is 0. The molecule has 0 aliphatic carbocycles. The highest BCUT2D eigenvalue weighted by Crippen LogP contribution is 2.44. The van der Waals surface area contributed by atoms with Crippen molar-refractivity contribution in [3.05, 3.63) is 53.7 Å². The molecule has 1 aromatic heterocycles. The molecule has 31 heavy (non-hydrogen) atoms. The number of ketones is 1. The molecule has 2 aromatic carbocycles. The van der Waals surface area contributed by atoms with Crippen LogP contribution in [0.1, 0.15) is 54.6 Å². The topological polar surface area (TPSA) is 51.7 Å². The van der Waals surface area contributed by atoms with Crippen LogP contribution in [0.25, 0.3) is 10.1 Å². The number of aromatic nitrogens is 1. The minimum Gasteiger partial charge on any atom is -0.493 e. The van der Waals surface area contributed by atoms with Crippen LogP contribution in [0, 0.1) is 0 Å². The zero-order valence-corrected chi connectivity index (χ0v) is 18.9. The molecule has 0 N–H and O–H groups in total. The minimum atomic E-state index is 0.0252. The summed E-state index contributed by atoms with van der Waals surface area (Å²) in [6, 6.07) is 15.2. The number of rotatable bonds is 7. The molecule has 0 radical (unpaired) electrons. The van der Waals surface area contributed by atoms with Crippen molar-refractivity contribution < 1.29 is 14.3 Å². The molecule has 2 atom stereocenters. The summed E-state index contributed by atoms with van der Waals surface area (Å²) in [5, 5.41) is 1.34. The molecule has 6 heteroatoms. The van der Waals surface area contributed by atoms with Crippen molar-refractivity contribution in [2.24, 2.45) is 0 Å². The van der Waals surface area contributed by atoms with Crippen molar-refractivity contribution in [1.82, 2.24) is 9.27 Å². The molecule has 2 saturated heterocycles. The first-order valence-corrected chi connectivity index (χ1v) is 11.8. The zero-order chi connectivity index (χ0) is 21.4.